The molecule has 0 radical (unpaired) electrons. The Balaban J connectivity index is 1.97. The number of aromatic nitrogens is 2. The summed E-state index contributed by atoms with van der Waals surface area (Å²) in [6.45, 7) is 3.77. The molecule has 0 saturated heterocycles. The molecule has 3 rings (SSSR count). The number of nitrogens with zero attached hydrogens (tertiary/aromatic N) is 3. The molecule has 2 heterocycles. The maximum Gasteiger partial charge on any atom is 0.149 e. The topological polar surface area (TPSA) is 77.3 Å². The number of hydrogen-bond acceptors (Lipinski definition) is 5. The molecule has 0 saturated carbocycles. The molecule has 0 spiro atoms. The van der Waals surface area contributed by atoms with Gasteiger partial charge in [0.1, 0.15) is 17.3 Å². The number of nitrogens with two attached hydrogens (primary N) is 1. The largest absolute Gasteiger partial charge is 0.382 e. The Labute approximate surface area is 142 Å². The zero-order valence-corrected chi connectivity index (χ0v) is 14.3. The van der Waals surface area contributed by atoms with Crippen LogP contribution in [0, 0.1) is 13.8 Å². The minimum absolute atomic E-state index is 0.383. The maximum absolute atomic E-state index is 5.94. The third-order valence-electron chi connectivity index (χ3n) is 3.44. The van der Waals surface area contributed by atoms with Gasteiger partial charge in [-0.2, -0.15) is 0 Å². The fourth-order valence-corrected chi connectivity index (χ4v) is 2.56. The van der Waals surface area contributed by atoms with E-state index < -0.39 is 0 Å². The molecule has 116 valence electrons. The van der Waals surface area contributed by atoms with Gasteiger partial charge in [-0.25, -0.2) is 4.98 Å². The summed E-state index contributed by atoms with van der Waals surface area (Å²) in [5, 5.41) is 3.97. The molecule has 2 N–H and O–H groups in total. The predicted octanol–water partition coefficient (Wildman–Crippen LogP) is 4.45. The molecular formula is C17H15BrN4O. The number of aryl methyl sites for hydroxylation is 2. The molecule has 0 atom stereocenters. The minimum Gasteiger partial charge on any atom is -0.382 e. The van der Waals surface area contributed by atoms with Gasteiger partial charge in [0.15, 0.2) is 0 Å². The van der Waals surface area contributed by atoms with E-state index in [-0.39, 0.29) is 0 Å². The molecule has 5 nitrogen and oxygen atoms in total. The second-order valence-electron chi connectivity index (χ2n) is 5.14. The lowest BCUT2D eigenvalue weighted by Gasteiger charge is -2.04. The number of halogens is 1. The van der Waals surface area contributed by atoms with E-state index in [1.165, 1.54) is 0 Å². The van der Waals surface area contributed by atoms with Gasteiger partial charge in [-0.1, -0.05) is 33.2 Å². The number of anilines is 1. The highest BCUT2D eigenvalue weighted by molar-refractivity contribution is 9.10. The molecular weight excluding hydrogens is 356 g/mol. The van der Waals surface area contributed by atoms with Crippen molar-refractivity contribution in [3.8, 4) is 11.1 Å². The summed E-state index contributed by atoms with van der Waals surface area (Å²) >= 11 is 3.41. The van der Waals surface area contributed by atoms with Crippen molar-refractivity contribution >= 4 is 33.6 Å². The first-order chi connectivity index (χ1) is 11.0. The molecule has 2 aromatic heterocycles. The van der Waals surface area contributed by atoms with Crippen molar-refractivity contribution in [2.75, 3.05) is 5.73 Å². The van der Waals surface area contributed by atoms with Crippen molar-refractivity contribution in [2.45, 2.75) is 13.8 Å². The third-order valence-corrected chi connectivity index (χ3v) is 3.97. The maximum atomic E-state index is 5.94. The highest BCUT2D eigenvalue weighted by Gasteiger charge is 2.13. The molecule has 0 unspecified atom stereocenters. The van der Waals surface area contributed by atoms with E-state index in [2.05, 4.69) is 31.1 Å². The van der Waals surface area contributed by atoms with Crippen LogP contribution in [0.4, 0.5) is 11.5 Å². The minimum atomic E-state index is 0.383. The average molecular weight is 371 g/mol. The van der Waals surface area contributed by atoms with Gasteiger partial charge in [-0.3, -0.25) is 4.99 Å². The van der Waals surface area contributed by atoms with Crippen LogP contribution in [0.1, 0.15) is 17.0 Å². The number of nitrogen functional groups attached to an aromatic ring is 1. The molecule has 0 amide bonds. The number of benzene rings is 1. The van der Waals surface area contributed by atoms with Crippen LogP contribution in [0.5, 0.6) is 0 Å². The Hall–Kier alpha value is -2.47. The van der Waals surface area contributed by atoms with Crippen molar-refractivity contribution in [3.63, 3.8) is 0 Å². The summed E-state index contributed by atoms with van der Waals surface area (Å²) in [4.78, 5) is 8.69. The lowest BCUT2D eigenvalue weighted by Crippen LogP contribution is -1.92. The second kappa shape index (κ2) is 6.34. The van der Waals surface area contributed by atoms with Crippen LogP contribution in [0.15, 0.2) is 50.5 Å². The Morgan fingerprint density at radius 2 is 1.96 bits per heavy atom. The van der Waals surface area contributed by atoms with Gasteiger partial charge < -0.3 is 10.3 Å². The zero-order chi connectivity index (χ0) is 16.4. The van der Waals surface area contributed by atoms with Gasteiger partial charge in [-0.05, 0) is 37.6 Å². The van der Waals surface area contributed by atoms with E-state index in [9.17, 15) is 0 Å². The molecule has 23 heavy (non-hydrogen) atoms. The van der Waals surface area contributed by atoms with Gasteiger partial charge in [0, 0.05) is 28.0 Å². The van der Waals surface area contributed by atoms with Gasteiger partial charge in [0.25, 0.3) is 0 Å². The SMILES string of the molecule is Cc1noc(C)c1-c1cnc(N)c(/N=C/c2ccc(Br)cc2)c1. The van der Waals surface area contributed by atoms with Crippen LogP contribution < -0.4 is 5.73 Å². The van der Waals surface area contributed by atoms with Crippen molar-refractivity contribution < 1.29 is 4.52 Å². The van der Waals surface area contributed by atoms with Crippen molar-refractivity contribution in [1.82, 2.24) is 10.1 Å². The van der Waals surface area contributed by atoms with Crippen LogP contribution in [0.25, 0.3) is 11.1 Å². The molecule has 3 aromatic rings. The number of rotatable bonds is 3. The second-order valence-corrected chi connectivity index (χ2v) is 6.05. The predicted molar refractivity (Wildman–Crippen MR) is 95.0 cm³/mol. The van der Waals surface area contributed by atoms with Gasteiger partial charge >= 0.3 is 0 Å². The van der Waals surface area contributed by atoms with Crippen molar-refractivity contribution in [2.24, 2.45) is 4.99 Å². The van der Waals surface area contributed by atoms with Crippen LogP contribution in [0.2, 0.25) is 0 Å². The van der Waals surface area contributed by atoms with E-state index in [4.69, 9.17) is 10.3 Å². The summed E-state index contributed by atoms with van der Waals surface area (Å²) in [6.07, 6.45) is 3.47. The third kappa shape index (κ3) is 3.32. The quantitative estimate of drug-likeness (QED) is 0.690. The summed E-state index contributed by atoms with van der Waals surface area (Å²) in [7, 11) is 0. The lowest BCUT2D eigenvalue weighted by molar-refractivity contribution is 0.393. The Bertz CT molecular complexity index is 849. The van der Waals surface area contributed by atoms with E-state index in [0.717, 1.165) is 32.6 Å². The molecule has 0 aliphatic carbocycles. The summed E-state index contributed by atoms with van der Waals surface area (Å²) in [5.74, 6) is 1.13. The van der Waals surface area contributed by atoms with Crippen LogP contribution in [0.3, 0.4) is 0 Å². The molecule has 0 bridgehead atoms. The molecule has 0 fully saturated rings. The molecule has 0 aliphatic heterocycles. The first-order valence-electron chi connectivity index (χ1n) is 7.03. The van der Waals surface area contributed by atoms with Gasteiger partial charge in [0.05, 0.1) is 5.69 Å². The average Bonchev–Trinajstić information content (AvgIpc) is 2.87. The molecule has 0 aliphatic rings. The monoisotopic (exact) mass is 370 g/mol. The fourth-order valence-electron chi connectivity index (χ4n) is 2.29. The van der Waals surface area contributed by atoms with Crippen molar-refractivity contribution in [3.05, 3.63) is 58.0 Å². The van der Waals surface area contributed by atoms with Crippen molar-refractivity contribution in [1.29, 1.82) is 0 Å². The van der Waals surface area contributed by atoms with Gasteiger partial charge in [-0.15, -0.1) is 0 Å². The van der Waals surface area contributed by atoms with Crippen LogP contribution in [-0.4, -0.2) is 16.4 Å². The Morgan fingerprint density at radius 3 is 2.61 bits per heavy atom. The van der Waals surface area contributed by atoms with Crippen LogP contribution >= 0.6 is 15.9 Å². The smallest absolute Gasteiger partial charge is 0.149 e. The van der Waals surface area contributed by atoms with Crippen LogP contribution in [-0.2, 0) is 0 Å². The molecule has 1 aromatic carbocycles. The number of aliphatic imine (C=N–C) groups is 1. The van der Waals surface area contributed by atoms with E-state index in [1.807, 2.05) is 44.2 Å². The lowest BCUT2D eigenvalue weighted by atomic mass is 10.1. The zero-order valence-electron chi connectivity index (χ0n) is 12.7. The summed E-state index contributed by atoms with van der Waals surface area (Å²) < 4.78 is 6.23. The summed E-state index contributed by atoms with van der Waals surface area (Å²) in [6, 6.07) is 9.75. The normalized spacial score (nSPS) is 11.3. The number of pyridine rings is 1. The first kappa shape index (κ1) is 15.4. The first-order valence-corrected chi connectivity index (χ1v) is 7.82. The fraction of sp³-hybridized carbons (Fsp3) is 0.118. The van der Waals surface area contributed by atoms with E-state index in [0.29, 0.717) is 11.5 Å². The van der Waals surface area contributed by atoms with Gasteiger partial charge in [0.2, 0.25) is 0 Å². The molecule has 6 heteroatoms. The number of hydrogen-bond donors (Lipinski definition) is 1. The highest BCUT2D eigenvalue weighted by Crippen LogP contribution is 2.31. The summed E-state index contributed by atoms with van der Waals surface area (Å²) in [5.41, 5.74) is 10.2. The Kier molecular flexibility index (Phi) is 4.25. The van der Waals surface area contributed by atoms with E-state index in [1.54, 1.807) is 12.4 Å². The van der Waals surface area contributed by atoms with E-state index >= 15 is 0 Å². The Morgan fingerprint density at radius 1 is 1.22 bits per heavy atom. The standard InChI is InChI=1S/C17H15BrN4O/c1-10-16(11(2)23-22-10)13-7-15(17(19)21-9-13)20-8-12-3-5-14(18)6-4-12/h3-9H,1-2H3,(H2,19,21)/b20-8+. The highest BCUT2D eigenvalue weighted by atomic mass is 79.9.